The zero-order chi connectivity index (χ0) is 17.1. The summed E-state index contributed by atoms with van der Waals surface area (Å²) in [5.74, 6) is 1.44. The first-order chi connectivity index (χ1) is 12.3. The van der Waals surface area contributed by atoms with Crippen molar-refractivity contribution in [3.05, 3.63) is 90.6 Å². The second-order valence-electron chi connectivity index (χ2n) is 6.02. The third-order valence-corrected chi connectivity index (χ3v) is 4.39. The Morgan fingerprint density at radius 2 is 1.28 bits per heavy atom. The van der Waals surface area contributed by atoms with Crippen LogP contribution in [0.15, 0.2) is 89.5 Å². The van der Waals surface area contributed by atoms with Crippen molar-refractivity contribution in [3.63, 3.8) is 0 Å². The highest BCUT2D eigenvalue weighted by atomic mass is 16.4. The number of rotatable bonds is 4. The molecule has 0 radical (unpaired) electrons. The maximum atomic E-state index is 5.96. The Bertz CT molecular complexity index is 951. The topological polar surface area (TPSA) is 26.0 Å². The minimum absolute atomic E-state index is 0.657. The second kappa shape index (κ2) is 6.78. The molecule has 4 rings (SSSR count). The van der Waals surface area contributed by atoms with E-state index in [1.165, 1.54) is 16.7 Å². The van der Waals surface area contributed by atoms with Gasteiger partial charge in [-0.05, 0) is 35.2 Å². The lowest BCUT2D eigenvalue weighted by Crippen LogP contribution is -1.81. The van der Waals surface area contributed by atoms with Crippen molar-refractivity contribution < 1.29 is 4.42 Å². The largest absolute Gasteiger partial charge is 0.436 e. The Morgan fingerprint density at radius 1 is 0.680 bits per heavy atom. The van der Waals surface area contributed by atoms with Gasteiger partial charge in [0.1, 0.15) is 0 Å². The average Bonchev–Trinajstić information content (AvgIpc) is 3.19. The molecule has 0 atom stereocenters. The molecule has 2 nitrogen and oxygen atoms in total. The molecule has 25 heavy (non-hydrogen) atoms. The standard InChI is InChI=1S/C23H19NO/c1-2-17-8-10-21(11-9-17)23-24-16-22(25-23)20-14-12-19(13-15-20)18-6-4-3-5-7-18/h3-16H,2H2,1H3. The molecular weight excluding hydrogens is 306 g/mol. The van der Waals surface area contributed by atoms with Crippen molar-refractivity contribution in [3.8, 4) is 33.9 Å². The number of benzene rings is 3. The molecule has 0 unspecified atom stereocenters. The molecular formula is C23H19NO. The molecule has 0 fully saturated rings. The summed E-state index contributed by atoms with van der Waals surface area (Å²) in [6, 6.07) is 27.1. The summed E-state index contributed by atoms with van der Waals surface area (Å²) in [7, 11) is 0. The van der Waals surface area contributed by atoms with Crippen LogP contribution in [-0.4, -0.2) is 4.98 Å². The third kappa shape index (κ3) is 3.24. The van der Waals surface area contributed by atoms with Gasteiger partial charge in [0.25, 0.3) is 0 Å². The maximum Gasteiger partial charge on any atom is 0.226 e. The highest BCUT2D eigenvalue weighted by molar-refractivity contribution is 5.68. The van der Waals surface area contributed by atoms with Crippen LogP contribution in [0.2, 0.25) is 0 Å². The van der Waals surface area contributed by atoms with Crippen LogP contribution in [0.1, 0.15) is 12.5 Å². The van der Waals surface area contributed by atoms with E-state index in [-0.39, 0.29) is 0 Å². The molecule has 0 saturated heterocycles. The average molecular weight is 325 g/mol. The molecule has 4 aromatic rings. The van der Waals surface area contributed by atoms with Gasteiger partial charge in [-0.3, -0.25) is 0 Å². The fraction of sp³-hybridized carbons (Fsp3) is 0.0870. The fourth-order valence-corrected chi connectivity index (χ4v) is 2.88. The van der Waals surface area contributed by atoms with E-state index in [4.69, 9.17) is 4.42 Å². The van der Waals surface area contributed by atoms with Crippen LogP contribution in [0, 0.1) is 0 Å². The van der Waals surface area contributed by atoms with Crippen molar-refractivity contribution in [2.75, 3.05) is 0 Å². The molecule has 0 saturated carbocycles. The predicted molar refractivity (Wildman–Crippen MR) is 102 cm³/mol. The second-order valence-corrected chi connectivity index (χ2v) is 6.02. The first-order valence-corrected chi connectivity index (χ1v) is 8.54. The lowest BCUT2D eigenvalue weighted by molar-refractivity contribution is 0.589. The highest BCUT2D eigenvalue weighted by Crippen LogP contribution is 2.28. The summed E-state index contributed by atoms with van der Waals surface area (Å²) in [6.45, 7) is 2.15. The summed E-state index contributed by atoms with van der Waals surface area (Å²) in [5.41, 5.74) is 5.75. The van der Waals surface area contributed by atoms with Crippen LogP contribution in [-0.2, 0) is 6.42 Å². The van der Waals surface area contributed by atoms with Gasteiger partial charge < -0.3 is 4.42 Å². The van der Waals surface area contributed by atoms with Gasteiger partial charge in [-0.25, -0.2) is 4.98 Å². The number of hydrogen-bond acceptors (Lipinski definition) is 2. The molecule has 0 aliphatic carbocycles. The zero-order valence-corrected chi connectivity index (χ0v) is 14.1. The normalized spacial score (nSPS) is 10.8. The molecule has 3 aromatic carbocycles. The van der Waals surface area contributed by atoms with Crippen LogP contribution >= 0.6 is 0 Å². The van der Waals surface area contributed by atoms with Crippen molar-refractivity contribution in [1.29, 1.82) is 0 Å². The number of aromatic nitrogens is 1. The number of aryl methyl sites for hydroxylation is 1. The molecule has 0 aliphatic rings. The van der Waals surface area contributed by atoms with Gasteiger partial charge in [-0.2, -0.15) is 0 Å². The Labute approximate surface area is 147 Å². The Kier molecular flexibility index (Phi) is 4.17. The number of hydrogen-bond donors (Lipinski definition) is 0. The van der Waals surface area contributed by atoms with Crippen molar-refractivity contribution in [2.24, 2.45) is 0 Å². The highest BCUT2D eigenvalue weighted by Gasteiger charge is 2.09. The third-order valence-electron chi connectivity index (χ3n) is 4.39. The smallest absolute Gasteiger partial charge is 0.226 e. The molecule has 122 valence electrons. The molecule has 0 aliphatic heterocycles. The van der Waals surface area contributed by atoms with Crippen molar-refractivity contribution >= 4 is 0 Å². The summed E-state index contributed by atoms with van der Waals surface area (Å²) >= 11 is 0. The van der Waals surface area contributed by atoms with Gasteiger partial charge in [0.2, 0.25) is 5.89 Å². The van der Waals surface area contributed by atoms with E-state index in [1.54, 1.807) is 6.20 Å². The summed E-state index contributed by atoms with van der Waals surface area (Å²) in [5, 5.41) is 0. The quantitative estimate of drug-likeness (QED) is 0.444. The zero-order valence-electron chi connectivity index (χ0n) is 14.1. The first kappa shape index (κ1) is 15.4. The van der Waals surface area contributed by atoms with E-state index < -0.39 is 0 Å². The van der Waals surface area contributed by atoms with Crippen LogP contribution in [0.25, 0.3) is 33.9 Å². The van der Waals surface area contributed by atoms with Gasteiger partial charge in [0.15, 0.2) is 5.76 Å². The first-order valence-electron chi connectivity index (χ1n) is 8.54. The summed E-state index contributed by atoms with van der Waals surface area (Å²) in [4.78, 5) is 4.43. The van der Waals surface area contributed by atoms with Gasteiger partial charge in [0.05, 0.1) is 6.20 Å². The van der Waals surface area contributed by atoms with Gasteiger partial charge in [0, 0.05) is 11.1 Å². The van der Waals surface area contributed by atoms with Crippen LogP contribution in [0.5, 0.6) is 0 Å². The number of nitrogens with zero attached hydrogens (tertiary/aromatic N) is 1. The summed E-state index contributed by atoms with van der Waals surface area (Å²) in [6.07, 6.45) is 2.82. The fourth-order valence-electron chi connectivity index (χ4n) is 2.88. The van der Waals surface area contributed by atoms with Gasteiger partial charge >= 0.3 is 0 Å². The Hall–Kier alpha value is -3.13. The lowest BCUT2D eigenvalue weighted by atomic mass is 10.0. The lowest BCUT2D eigenvalue weighted by Gasteiger charge is -2.02. The predicted octanol–water partition coefficient (Wildman–Crippen LogP) is 6.24. The van der Waals surface area contributed by atoms with E-state index in [1.807, 2.05) is 6.07 Å². The van der Waals surface area contributed by atoms with E-state index >= 15 is 0 Å². The molecule has 0 bridgehead atoms. The van der Waals surface area contributed by atoms with E-state index in [0.717, 1.165) is 23.3 Å². The van der Waals surface area contributed by atoms with Crippen LogP contribution in [0.4, 0.5) is 0 Å². The molecule has 1 heterocycles. The van der Waals surface area contributed by atoms with Crippen LogP contribution < -0.4 is 0 Å². The minimum Gasteiger partial charge on any atom is -0.436 e. The number of oxazole rings is 1. The molecule has 0 spiro atoms. The van der Waals surface area contributed by atoms with Crippen molar-refractivity contribution in [1.82, 2.24) is 4.98 Å². The van der Waals surface area contributed by atoms with Crippen molar-refractivity contribution in [2.45, 2.75) is 13.3 Å². The van der Waals surface area contributed by atoms with Gasteiger partial charge in [-0.1, -0.05) is 73.7 Å². The van der Waals surface area contributed by atoms with E-state index in [2.05, 4.69) is 84.7 Å². The molecule has 2 heteroatoms. The maximum absolute atomic E-state index is 5.96. The summed E-state index contributed by atoms with van der Waals surface area (Å²) < 4.78 is 5.96. The molecule has 0 N–H and O–H groups in total. The Balaban J connectivity index is 1.59. The molecule has 0 amide bonds. The Morgan fingerprint density at radius 3 is 1.96 bits per heavy atom. The monoisotopic (exact) mass is 325 g/mol. The van der Waals surface area contributed by atoms with Crippen LogP contribution in [0.3, 0.4) is 0 Å². The molecule has 1 aromatic heterocycles. The van der Waals surface area contributed by atoms with Gasteiger partial charge in [-0.15, -0.1) is 0 Å². The van der Waals surface area contributed by atoms with E-state index in [9.17, 15) is 0 Å². The van der Waals surface area contributed by atoms with E-state index in [0.29, 0.717) is 5.89 Å². The SMILES string of the molecule is CCc1ccc(-c2ncc(-c3ccc(-c4ccccc4)cc3)o2)cc1. The minimum atomic E-state index is 0.657.